The van der Waals surface area contributed by atoms with E-state index >= 15 is 0 Å². The molecule has 2 heterocycles. The van der Waals surface area contributed by atoms with E-state index in [-0.39, 0.29) is 25.7 Å². The van der Waals surface area contributed by atoms with Crippen LogP contribution in [-0.4, -0.2) is 53.1 Å². The quantitative estimate of drug-likeness (QED) is 0.388. The summed E-state index contributed by atoms with van der Waals surface area (Å²) in [5.41, 5.74) is 1.67. The molecule has 2 unspecified atom stereocenters. The number of fused-ring (bicyclic) bond motifs is 2. The Balaban J connectivity index is 2.24. The first-order valence-corrected chi connectivity index (χ1v) is 4.19. The molecule has 0 aromatic carbocycles. The van der Waals surface area contributed by atoms with Crippen LogP contribution >= 0.6 is 0 Å². The number of hydrogen-bond donors (Lipinski definition) is 4. The molecule has 6 nitrogen and oxygen atoms in total. The van der Waals surface area contributed by atoms with Gasteiger partial charge in [-0.2, -0.15) is 5.48 Å². The topological polar surface area (TPSA) is 91.2 Å². The van der Waals surface area contributed by atoms with Crippen molar-refractivity contribution in [3.63, 3.8) is 0 Å². The summed E-state index contributed by atoms with van der Waals surface area (Å²) >= 11 is 0. The fraction of sp³-hybridized carbons (Fsp3) is 1.00. The van der Waals surface area contributed by atoms with E-state index in [0.29, 0.717) is 0 Å². The minimum Gasteiger partial charge on any atom is -0.396 e. The van der Waals surface area contributed by atoms with Crippen LogP contribution < -0.4 is 5.48 Å². The van der Waals surface area contributed by atoms with E-state index in [2.05, 4.69) is 5.48 Å². The van der Waals surface area contributed by atoms with Crippen molar-refractivity contribution in [3.8, 4) is 0 Å². The number of hydrogen-bond acceptors (Lipinski definition) is 6. The molecule has 0 radical (unpaired) electrons. The number of hydroxylamine groups is 1. The van der Waals surface area contributed by atoms with Gasteiger partial charge < -0.3 is 20.1 Å². The van der Waals surface area contributed by atoms with Crippen LogP contribution in [0.25, 0.3) is 0 Å². The lowest BCUT2D eigenvalue weighted by Crippen LogP contribution is -2.56. The van der Waals surface area contributed by atoms with Crippen molar-refractivity contribution in [2.45, 2.75) is 18.0 Å². The molecule has 0 amide bonds. The van der Waals surface area contributed by atoms with Gasteiger partial charge in [0.25, 0.3) is 0 Å². The van der Waals surface area contributed by atoms with Crippen LogP contribution in [-0.2, 0) is 9.57 Å². The second kappa shape index (κ2) is 3.16. The van der Waals surface area contributed by atoms with Crippen LogP contribution in [0.1, 0.15) is 0 Å². The zero-order valence-corrected chi connectivity index (χ0v) is 7.01. The zero-order chi connectivity index (χ0) is 9.47. The molecular weight excluding hydrogens is 178 g/mol. The number of rotatable bonds is 2. The van der Waals surface area contributed by atoms with Crippen molar-refractivity contribution < 1.29 is 24.9 Å². The van der Waals surface area contributed by atoms with Crippen LogP contribution in [0.4, 0.5) is 0 Å². The average Bonchev–Trinajstić information content (AvgIpc) is 2.30. The van der Waals surface area contributed by atoms with Gasteiger partial charge in [-0.15, -0.1) is 0 Å². The summed E-state index contributed by atoms with van der Waals surface area (Å²) in [5, 5.41) is 27.6. The minimum absolute atomic E-state index is 0.177. The lowest BCUT2D eigenvalue weighted by Gasteiger charge is -2.36. The van der Waals surface area contributed by atoms with Crippen LogP contribution in [0.5, 0.6) is 0 Å². The first-order chi connectivity index (χ1) is 6.23. The van der Waals surface area contributed by atoms with E-state index < -0.39 is 18.0 Å². The second-order valence-electron chi connectivity index (χ2n) is 3.42. The van der Waals surface area contributed by atoms with Crippen molar-refractivity contribution in [1.82, 2.24) is 5.48 Å². The fourth-order valence-corrected chi connectivity index (χ4v) is 1.95. The summed E-state index contributed by atoms with van der Waals surface area (Å²) in [4.78, 5) is 5.02. The predicted octanol–water partition coefficient (Wildman–Crippen LogP) is -2.42. The fourth-order valence-electron chi connectivity index (χ4n) is 1.95. The van der Waals surface area contributed by atoms with Crippen molar-refractivity contribution in [2.24, 2.45) is 5.92 Å². The number of ether oxygens (including phenoxy) is 1. The van der Waals surface area contributed by atoms with E-state index in [9.17, 15) is 5.11 Å². The first kappa shape index (κ1) is 9.32. The molecule has 2 aliphatic rings. The van der Waals surface area contributed by atoms with E-state index in [1.54, 1.807) is 0 Å². The Hall–Kier alpha value is -0.240. The third-order valence-corrected chi connectivity index (χ3v) is 2.76. The van der Waals surface area contributed by atoms with E-state index in [1.807, 2.05) is 0 Å². The second-order valence-corrected chi connectivity index (χ2v) is 3.42. The highest BCUT2D eigenvalue weighted by Gasteiger charge is 2.57. The van der Waals surface area contributed by atoms with Crippen LogP contribution in [0.15, 0.2) is 0 Å². The molecule has 4 N–H and O–H groups in total. The van der Waals surface area contributed by atoms with Gasteiger partial charge in [0.2, 0.25) is 0 Å². The molecule has 76 valence electrons. The Bertz CT molecular complexity index is 201. The highest BCUT2D eigenvalue weighted by atomic mass is 16.7. The molecule has 2 aliphatic heterocycles. The lowest BCUT2D eigenvalue weighted by molar-refractivity contribution is -0.156. The molecule has 2 saturated heterocycles. The molecule has 13 heavy (non-hydrogen) atoms. The molecule has 2 rings (SSSR count). The zero-order valence-electron chi connectivity index (χ0n) is 7.01. The minimum atomic E-state index is -1.08. The standard InChI is InChI=1S/C7H13NO5/c9-1-4-5-6(11)12-7(4,3-10)2-8-13-5/h4-6,8-11H,1-3H2/t4?,5?,6-,7-/m1/s1. The van der Waals surface area contributed by atoms with Crippen LogP contribution in [0.3, 0.4) is 0 Å². The van der Waals surface area contributed by atoms with E-state index in [1.165, 1.54) is 0 Å². The van der Waals surface area contributed by atoms with Gasteiger partial charge in [-0.25, -0.2) is 0 Å². The molecule has 0 aliphatic carbocycles. The molecule has 2 fully saturated rings. The average molecular weight is 191 g/mol. The van der Waals surface area contributed by atoms with Crippen LogP contribution in [0.2, 0.25) is 0 Å². The van der Waals surface area contributed by atoms with Gasteiger partial charge in [-0.3, -0.25) is 4.84 Å². The molecule has 0 aromatic heterocycles. The molecule has 0 aromatic rings. The van der Waals surface area contributed by atoms with E-state index in [0.717, 1.165) is 0 Å². The van der Waals surface area contributed by atoms with Gasteiger partial charge in [0.15, 0.2) is 6.29 Å². The lowest BCUT2D eigenvalue weighted by atomic mass is 9.86. The van der Waals surface area contributed by atoms with Crippen molar-refractivity contribution in [3.05, 3.63) is 0 Å². The molecule has 6 heteroatoms. The van der Waals surface area contributed by atoms with Gasteiger partial charge in [0.1, 0.15) is 11.7 Å². The monoisotopic (exact) mass is 191 g/mol. The molecule has 0 spiro atoms. The largest absolute Gasteiger partial charge is 0.396 e. The smallest absolute Gasteiger partial charge is 0.184 e. The van der Waals surface area contributed by atoms with Crippen molar-refractivity contribution in [2.75, 3.05) is 19.8 Å². The Morgan fingerprint density at radius 3 is 2.77 bits per heavy atom. The summed E-state index contributed by atoms with van der Waals surface area (Å²) < 4.78 is 5.18. The Labute approximate surface area is 75.0 Å². The summed E-state index contributed by atoms with van der Waals surface area (Å²) in [6.45, 7) is -0.158. The number of aliphatic hydroxyl groups excluding tert-OH is 3. The van der Waals surface area contributed by atoms with Gasteiger partial charge >= 0.3 is 0 Å². The molecular formula is C7H13NO5. The van der Waals surface area contributed by atoms with Crippen LogP contribution in [0, 0.1) is 5.92 Å². The van der Waals surface area contributed by atoms with Crippen molar-refractivity contribution in [1.29, 1.82) is 0 Å². The maximum atomic E-state index is 9.39. The summed E-state index contributed by atoms with van der Waals surface area (Å²) in [6, 6.07) is 0. The van der Waals surface area contributed by atoms with E-state index in [4.69, 9.17) is 19.8 Å². The Kier molecular flexibility index (Phi) is 2.26. The van der Waals surface area contributed by atoms with Gasteiger partial charge in [-0.05, 0) is 0 Å². The normalized spacial score (nSPS) is 49.6. The maximum absolute atomic E-state index is 9.39. The highest BCUT2D eigenvalue weighted by molar-refractivity contribution is 5.02. The summed E-state index contributed by atoms with van der Waals surface area (Å²) in [7, 11) is 0. The van der Waals surface area contributed by atoms with Gasteiger partial charge in [0.05, 0.1) is 19.8 Å². The molecule has 0 saturated carbocycles. The first-order valence-electron chi connectivity index (χ1n) is 4.19. The number of aliphatic hydroxyl groups is 3. The number of nitrogens with one attached hydrogen (secondary N) is 1. The Morgan fingerprint density at radius 1 is 1.46 bits per heavy atom. The van der Waals surface area contributed by atoms with Crippen molar-refractivity contribution >= 4 is 0 Å². The SMILES string of the molecule is OCC1C2ONC[C@]1(CO)O[C@H]2O. The van der Waals surface area contributed by atoms with Gasteiger partial charge in [0, 0.05) is 5.92 Å². The molecule has 2 bridgehead atoms. The predicted molar refractivity (Wildman–Crippen MR) is 40.4 cm³/mol. The van der Waals surface area contributed by atoms with Gasteiger partial charge in [-0.1, -0.05) is 0 Å². The highest BCUT2D eigenvalue weighted by Crippen LogP contribution is 2.38. The molecule has 4 atom stereocenters. The third kappa shape index (κ3) is 1.18. The maximum Gasteiger partial charge on any atom is 0.184 e. The summed E-state index contributed by atoms with van der Waals surface area (Å²) in [6.07, 6.45) is -1.69. The summed E-state index contributed by atoms with van der Waals surface area (Å²) in [5.74, 6) is -0.381. The Morgan fingerprint density at radius 2 is 2.23 bits per heavy atom. The third-order valence-electron chi connectivity index (χ3n) is 2.76.